The molecule has 4 N–H and O–H groups in total. The minimum Gasteiger partial charge on any atom is -0.344 e. The van der Waals surface area contributed by atoms with Crippen LogP contribution in [0.25, 0.3) is 0 Å². The average Bonchev–Trinajstić information content (AvgIpc) is 2.37. The van der Waals surface area contributed by atoms with Crippen molar-refractivity contribution in [3.8, 4) is 0 Å². The van der Waals surface area contributed by atoms with Crippen LogP contribution in [0.15, 0.2) is 53.4 Å². The Morgan fingerprint density at radius 3 is 2.09 bits per heavy atom. The highest BCUT2D eigenvalue weighted by Gasteiger charge is 2.20. The maximum Gasteiger partial charge on any atom is 0.294 e. The summed E-state index contributed by atoms with van der Waals surface area (Å²) >= 11 is 0. The van der Waals surface area contributed by atoms with E-state index in [4.69, 9.17) is 0 Å². The zero-order valence-corrected chi connectivity index (χ0v) is 14.0. The van der Waals surface area contributed by atoms with Crippen molar-refractivity contribution < 1.29 is 13.0 Å². The molecule has 0 heterocycles. The zero-order chi connectivity index (χ0) is 15.7. The lowest BCUT2D eigenvalue weighted by Crippen LogP contribution is -2.15. The minimum atomic E-state index is -4.18. The van der Waals surface area contributed by atoms with Gasteiger partial charge < -0.3 is 6.15 Å². The molecule has 2 rings (SSSR count). The fourth-order valence-corrected chi connectivity index (χ4v) is 2.96. The van der Waals surface area contributed by atoms with Crippen molar-refractivity contribution in [2.45, 2.75) is 37.5 Å². The molecule has 5 heteroatoms. The van der Waals surface area contributed by atoms with Crippen LogP contribution in [0, 0.1) is 0 Å². The van der Waals surface area contributed by atoms with Crippen molar-refractivity contribution >= 4 is 10.1 Å². The third-order valence-corrected chi connectivity index (χ3v) is 4.27. The third kappa shape index (κ3) is 4.40. The van der Waals surface area contributed by atoms with Gasteiger partial charge in [0, 0.05) is 0 Å². The third-order valence-electron chi connectivity index (χ3n) is 3.42. The van der Waals surface area contributed by atoms with Gasteiger partial charge in [-0.3, -0.25) is 4.55 Å². The van der Waals surface area contributed by atoms with E-state index in [1.54, 1.807) is 12.1 Å². The molecule has 0 saturated heterocycles. The van der Waals surface area contributed by atoms with E-state index in [-0.39, 0.29) is 16.5 Å². The predicted molar refractivity (Wildman–Crippen MR) is 89.2 cm³/mol. The van der Waals surface area contributed by atoms with Crippen LogP contribution in [-0.4, -0.2) is 13.0 Å². The molecule has 0 atom stereocenters. The summed E-state index contributed by atoms with van der Waals surface area (Å²) in [7, 11) is -4.18. The molecule has 22 heavy (non-hydrogen) atoms. The van der Waals surface area contributed by atoms with E-state index in [0.29, 0.717) is 6.42 Å². The smallest absolute Gasteiger partial charge is 0.294 e. The molecule has 2 aromatic carbocycles. The SMILES string of the molecule is CC(C)(C)c1ccc(S(=O)(=O)O)cc1Cc1ccccc1.N. The highest BCUT2D eigenvalue weighted by molar-refractivity contribution is 7.85. The second-order valence-electron chi connectivity index (χ2n) is 6.21. The van der Waals surface area contributed by atoms with Crippen molar-refractivity contribution in [3.05, 3.63) is 65.2 Å². The van der Waals surface area contributed by atoms with Crippen molar-refractivity contribution in [1.29, 1.82) is 0 Å². The Morgan fingerprint density at radius 1 is 1.00 bits per heavy atom. The van der Waals surface area contributed by atoms with Gasteiger partial charge in [-0.1, -0.05) is 57.2 Å². The monoisotopic (exact) mass is 321 g/mol. The van der Waals surface area contributed by atoms with Gasteiger partial charge in [-0.2, -0.15) is 8.42 Å². The molecule has 0 bridgehead atoms. The Bertz CT molecular complexity index is 732. The Kier molecular flexibility index (Phi) is 5.51. The van der Waals surface area contributed by atoms with Crippen LogP contribution in [-0.2, 0) is 22.0 Å². The van der Waals surface area contributed by atoms with Gasteiger partial charge in [-0.25, -0.2) is 0 Å². The molecule has 0 unspecified atom stereocenters. The number of rotatable bonds is 3. The maximum atomic E-state index is 11.4. The Labute approximate surface area is 132 Å². The molecule has 0 radical (unpaired) electrons. The van der Waals surface area contributed by atoms with Gasteiger partial charge in [0.1, 0.15) is 0 Å². The van der Waals surface area contributed by atoms with Gasteiger partial charge in [-0.15, -0.1) is 0 Å². The van der Waals surface area contributed by atoms with Crippen molar-refractivity contribution in [2.24, 2.45) is 0 Å². The summed E-state index contributed by atoms with van der Waals surface area (Å²) in [6.07, 6.45) is 0.636. The molecule has 4 nitrogen and oxygen atoms in total. The second-order valence-corrected chi connectivity index (χ2v) is 7.63. The van der Waals surface area contributed by atoms with E-state index in [1.165, 1.54) is 6.07 Å². The molecular formula is C17H23NO3S. The van der Waals surface area contributed by atoms with E-state index in [1.807, 2.05) is 30.3 Å². The maximum absolute atomic E-state index is 11.4. The highest BCUT2D eigenvalue weighted by atomic mass is 32.2. The minimum absolute atomic E-state index is 0. The van der Waals surface area contributed by atoms with Gasteiger partial charge in [-0.05, 0) is 40.7 Å². The van der Waals surface area contributed by atoms with E-state index in [0.717, 1.165) is 16.7 Å². The summed E-state index contributed by atoms with van der Waals surface area (Å²) in [4.78, 5) is -0.0542. The average molecular weight is 321 g/mol. The molecule has 0 spiro atoms. The predicted octanol–water partition coefficient (Wildman–Crippen LogP) is 3.98. The van der Waals surface area contributed by atoms with Crippen LogP contribution in [0.5, 0.6) is 0 Å². The molecule has 2 aromatic rings. The van der Waals surface area contributed by atoms with E-state index >= 15 is 0 Å². The summed E-state index contributed by atoms with van der Waals surface area (Å²) < 4.78 is 32.0. The lowest BCUT2D eigenvalue weighted by molar-refractivity contribution is 0.482. The summed E-state index contributed by atoms with van der Waals surface area (Å²) in [6.45, 7) is 6.26. The van der Waals surface area contributed by atoms with Crippen LogP contribution >= 0.6 is 0 Å². The first-order valence-electron chi connectivity index (χ1n) is 6.83. The van der Waals surface area contributed by atoms with Gasteiger partial charge >= 0.3 is 0 Å². The van der Waals surface area contributed by atoms with Crippen molar-refractivity contribution in [2.75, 3.05) is 0 Å². The molecule has 0 aliphatic carbocycles. The summed E-state index contributed by atoms with van der Waals surface area (Å²) in [5.41, 5.74) is 3.01. The highest BCUT2D eigenvalue weighted by Crippen LogP contribution is 2.29. The lowest BCUT2D eigenvalue weighted by Gasteiger charge is -2.23. The first-order chi connectivity index (χ1) is 9.68. The molecule has 120 valence electrons. The molecule has 0 saturated carbocycles. The Hall–Kier alpha value is -1.69. The molecule has 0 aromatic heterocycles. The van der Waals surface area contributed by atoms with Crippen LogP contribution in [0.3, 0.4) is 0 Å². The van der Waals surface area contributed by atoms with Gasteiger partial charge in [0.05, 0.1) is 4.90 Å². The lowest BCUT2D eigenvalue weighted by atomic mass is 9.82. The van der Waals surface area contributed by atoms with E-state index in [2.05, 4.69) is 20.8 Å². The topological polar surface area (TPSA) is 89.4 Å². The molecule has 0 amide bonds. The van der Waals surface area contributed by atoms with Crippen LogP contribution < -0.4 is 6.15 Å². The molecule has 0 fully saturated rings. The molecular weight excluding hydrogens is 298 g/mol. The Balaban J connectivity index is 0.00000242. The van der Waals surface area contributed by atoms with Crippen molar-refractivity contribution in [1.82, 2.24) is 6.15 Å². The van der Waals surface area contributed by atoms with Crippen molar-refractivity contribution in [3.63, 3.8) is 0 Å². The van der Waals surface area contributed by atoms with Gasteiger partial charge in [0.15, 0.2) is 0 Å². The van der Waals surface area contributed by atoms with Crippen LogP contribution in [0.1, 0.15) is 37.5 Å². The standard InChI is InChI=1S/C17H20O3S.H3N/c1-17(2,3)16-10-9-15(21(18,19)20)12-14(16)11-13-7-5-4-6-8-13;/h4-10,12H,11H2,1-3H3,(H,18,19,20);1H3. The summed E-state index contributed by atoms with van der Waals surface area (Å²) in [5.74, 6) is 0. The second kappa shape index (κ2) is 6.60. The number of benzene rings is 2. The summed E-state index contributed by atoms with van der Waals surface area (Å²) in [5, 5.41) is 0. The summed E-state index contributed by atoms with van der Waals surface area (Å²) in [6, 6.07) is 14.7. The van der Waals surface area contributed by atoms with E-state index in [9.17, 15) is 13.0 Å². The molecule has 0 aliphatic heterocycles. The Morgan fingerprint density at radius 2 is 1.59 bits per heavy atom. The van der Waals surface area contributed by atoms with Crippen LogP contribution in [0.2, 0.25) is 0 Å². The fourth-order valence-electron chi connectivity index (χ4n) is 2.42. The fraction of sp³-hybridized carbons (Fsp3) is 0.294. The number of hydrogen-bond acceptors (Lipinski definition) is 3. The normalized spacial score (nSPS) is 11.8. The van der Waals surface area contributed by atoms with Gasteiger partial charge in [0.2, 0.25) is 0 Å². The molecule has 0 aliphatic rings. The first kappa shape index (κ1) is 18.4. The van der Waals surface area contributed by atoms with E-state index < -0.39 is 10.1 Å². The van der Waals surface area contributed by atoms with Gasteiger partial charge in [0.25, 0.3) is 10.1 Å². The number of hydrogen-bond donors (Lipinski definition) is 2. The zero-order valence-electron chi connectivity index (χ0n) is 13.2. The largest absolute Gasteiger partial charge is 0.344 e. The quantitative estimate of drug-likeness (QED) is 0.837. The first-order valence-corrected chi connectivity index (χ1v) is 8.27. The van der Waals surface area contributed by atoms with Crippen LogP contribution in [0.4, 0.5) is 0 Å².